The fourth-order valence-electron chi connectivity index (χ4n) is 0.313. The van der Waals surface area contributed by atoms with Gasteiger partial charge >= 0.3 is 0 Å². The monoisotopic (exact) mass is 239 g/mol. The molecule has 0 rings (SSSR count). The van der Waals surface area contributed by atoms with Crippen LogP contribution in [0.4, 0.5) is 0 Å². The molecule has 0 fully saturated rings. The molecule has 0 saturated carbocycles. The highest BCUT2D eigenvalue weighted by Gasteiger charge is 2.15. The summed E-state index contributed by atoms with van der Waals surface area (Å²) < 4.78 is -0.0469. The van der Waals surface area contributed by atoms with Crippen molar-refractivity contribution in [3.8, 4) is 0 Å². The van der Waals surface area contributed by atoms with E-state index in [2.05, 4.69) is 45.4 Å². The van der Waals surface area contributed by atoms with Crippen LogP contribution >= 0.6 is 31.9 Å². The molecule has 0 amide bonds. The van der Waals surface area contributed by atoms with Gasteiger partial charge in [-0.2, -0.15) is 0 Å². The Bertz CT molecular complexity index is 76.6. The van der Waals surface area contributed by atoms with E-state index in [1.807, 2.05) is 6.08 Å². The number of alkyl halides is 2. The van der Waals surface area contributed by atoms with E-state index in [1.54, 1.807) is 0 Å². The highest BCUT2D eigenvalue weighted by atomic mass is 79.9. The molecule has 0 aliphatic carbocycles. The van der Waals surface area contributed by atoms with Gasteiger partial charge in [0.1, 0.15) is 0 Å². The zero-order valence-electron chi connectivity index (χ0n) is 4.66. The summed E-state index contributed by atoms with van der Waals surface area (Å²) in [6.45, 7) is 7.48. The highest BCUT2D eigenvalue weighted by molar-refractivity contribution is 9.12. The largest absolute Gasteiger partial charge is 0.103 e. The van der Waals surface area contributed by atoms with Crippen LogP contribution in [0.2, 0.25) is 0 Å². The van der Waals surface area contributed by atoms with Crippen molar-refractivity contribution >= 4 is 31.9 Å². The van der Waals surface area contributed by atoms with Gasteiger partial charge in [-0.25, -0.2) is 0 Å². The third-order valence-electron chi connectivity index (χ3n) is 0.750. The first-order chi connectivity index (χ1) is 3.62. The minimum Gasteiger partial charge on any atom is -0.103 e. The van der Waals surface area contributed by atoms with Crippen LogP contribution < -0.4 is 0 Å². The minimum absolute atomic E-state index is 0.0469. The first-order valence-corrected chi connectivity index (χ1v) is 4.25. The Balaban J connectivity index is 3.53. The second kappa shape index (κ2) is 3.67. The van der Waals surface area contributed by atoms with E-state index in [9.17, 15) is 0 Å². The molecule has 0 saturated heterocycles. The first kappa shape index (κ1) is 8.70. The fourth-order valence-corrected chi connectivity index (χ4v) is 0.771. The van der Waals surface area contributed by atoms with E-state index < -0.39 is 0 Å². The Morgan fingerprint density at radius 1 is 1.62 bits per heavy atom. The molecule has 0 aromatic rings. The quantitative estimate of drug-likeness (QED) is 0.526. The zero-order valence-corrected chi connectivity index (χ0v) is 7.83. The van der Waals surface area contributed by atoms with Gasteiger partial charge in [0.25, 0.3) is 0 Å². The Morgan fingerprint density at radius 3 is 2.25 bits per heavy atom. The van der Waals surface area contributed by atoms with E-state index in [1.165, 1.54) is 0 Å². The predicted molar refractivity (Wildman–Crippen MR) is 45.6 cm³/mol. The molecule has 0 nitrogen and oxygen atoms in total. The van der Waals surface area contributed by atoms with Gasteiger partial charge in [0.05, 0.1) is 0 Å². The van der Waals surface area contributed by atoms with Gasteiger partial charge in [0, 0.05) is 9.65 Å². The maximum Gasteiger partial charge on any atom is 0.0389 e. The average Bonchev–Trinajstić information content (AvgIpc) is 1.67. The normalized spacial score (nSPS) is 17.4. The van der Waals surface area contributed by atoms with Crippen molar-refractivity contribution in [2.75, 3.05) is 5.33 Å². The maximum atomic E-state index is 3.88. The fraction of sp³-hybridized carbons (Fsp3) is 0.500. The summed E-state index contributed by atoms with van der Waals surface area (Å²) in [7, 11) is 0. The van der Waals surface area contributed by atoms with Gasteiger partial charge < -0.3 is 0 Å². The van der Waals surface area contributed by atoms with Gasteiger partial charge in [0.2, 0.25) is 0 Å². The molecule has 0 spiro atoms. The Kier molecular flexibility index (Phi) is 4.00. The molecule has 1 unspecified atom stereocenters. The van der Waals surface area contributed by atoms with Crippen molar-refractivity contribution in [2.24, 2.45) is 0 Å². The molecule has 0 bridgehead atoms. The summed E-state index contributed by atoms with van der Waals surface area (Å²) in [5.41, 5.74) is 0. The van der Waals surface area contributed by atoms with Crippen LogP contribution in [-0.4, -0.2) is 9.65 Å². The van der Waals surface area contributed by atoms with Crippen molar-refractivity contribution in [1.29, 1.82) is 0 Å². The van der Waals surface area contributed by atoms with Crippen molar-refractivity contribution < 1.29 is 0 Å². The van der Waals surface area contributed by atoms with Gasteiger partial charge in [-0.3, -0.25) is 0 Å². The second-order valence-corrected chi connectivity index (χ2v) is 4.02. The number of hydrogen-bond acceptors (Lipinski definition) is 0. The lowest BCUT2D eigenvalue weighted by atomic mass is 10.1. The lowest BCUT2D eigenvalue weighted by Crippen LogP contribution is -2.15. The molecule has 1 atom stereocenters. The van der Waals surface area contributed by atoms with Gasteiger partial charge in [-0.1, -0.05) is 37.9 Å². The first-order valence-electron chi connectivity index (χ1n) is 2.33. The van der Waals surface area contributed by atoms with Crippen LogP contribution in [0, 0.1) is 6.92 Å². The maximum absolute atomic E-state index is 3.88. The van der Waals surface area contributed by atoms with Crippen LogP contribution in [0.25, 0.3) is 0 Å². The number of rotatable bonds is 3. The van der Waals surface area contributed by atoms with Crippen LogP contribution in [0.1, 0.15) is 6.42 Å². The molecule has 0 heterocycles. The summed E-state index contributed by atoms with van der Waals surface area (Å²) in [5, 5.41) is 0.853. The molecule has 8 heavy (non-hydrogen) atoms. The molecule has 0 aromatic heterocycles. The van der Waals surface area contributed by atoms with E-state index >= 15 is 0 Å². The summed E-state index contributed by atoms with van der Waals surface area (Å²) in [4.78, 5) is 0. The van der Waals surface area contributed by atoms with Crippen LogP contribution in [-0.2, 0) is 0 Å². The van der Waals surface area contributed by atoms with E-state index in [-0.39, 0.29) is 4.32 Å². The van der Waals surface area contributed by atoms with Crippen molar-refractivity contribution in [2.45, 2.75) is 10.7 Å². The minimum atomic E-state index is -0.0469. The van der Waals surface area contributed by atoms with Crippen molar-refractivity contribution in [3.05, 3.63) is 19.6 Å². The summed E-state index contributed by atoms with van der Waals surface area (Å²) in [6.07, 6.45) is 2.74. The molecule has 47 valence electrons. The number of allylic oxidation sites excluding steroid dienone is 1. The lowest BCUT2D eigenvalue weighted by molar-refractivity contribution is 0.841. The Labute approximate surface area is 67.6 Å². The third kappa shape index (κ3) is 3.67. The summed E-state index contributed by atoms with van der Waals surface area (Å²) in [6, 6.07) is 0. The van der Waals surface area contributed by atoms with Crippen LogP contribution in [0.3, 0.4) is 0 Å². The van der Waals surface area contributed by atoms with E-state index in [0.29, 0.717) is 0 Å². The molecule has 0 aromatic carbocycles. The van der Waals surface area contributed by atoms with Crippen molar-refractivity contribution in [1.82, 2.24) is 0 Å². The smallest absolute Gasteiger partial charge is 0.0389 e. The lowest BCUT2D eigenvalue weighted by Gasteiger charge is -2.15. The molecule has 0 N–H and O–H groups in total. The van der Waals surface area contributed by atoms with Crippen LogP contribution in [0.15, 0.2) is 12.7 Å². The average molecular weight is 241 g/mol. The molecular formula is C6H9Br2. The SMILES string of the molecule is [CH2]C(Br)(CBr)CC=C. The highest BCUT2D eigenvalue weighted by Crippen LogP contribution is 2.23. The Morgan fingerprint density at radius 2 is 2.12 bits per heavy atom. The summed E-state index contributed by atoms with van der Waals surface area (Å²) in [5.74, 6) is 0. The predicted octanol–water partition coefficient (Wildman–Crippen LogP) is 2.93. The molecule has 0 aliphatic heterocycles. The third-order valence-corrected chi connectivity index (χ3v) is 3.18. The molecule has 1 radical (unpaired) electrons. The van der Waals surface area contributed by atoms with Gasteiger partial charge in [-0.05, 0) is 13.3 Å². The van der Waals surface area contributed by atoms with Crippen molar-refractivity contribution in [3.63, 3.8) is 0 Å². The zero-order chi connectivity index (χ0) is 6.62. The second-order valence-electron chi connectivity index (χ2n) is 1.78. The van der Waals surface area contributed by atoms with Gasteiger partial charge in [-0.15, -0.1) is 6.58 Å². The number of hydrogen-bond donors (Lipinski definition) is 0. The van der Waals surface area contributed by atoms with Gasteiger partial charge in [0.15, 0.2) is 0 Å². The summed E-state index contributed by atoms with van der Waals surface area (Å²) >= 11 is 6.73. The van der Waals surface area contributed by atoms with Crippen LogP contribution in [0.5, 0.6) is 0 Å². The van der Waals surface area contributed by atoms with E-state index in [4.69, 9.17) is 0 Å². The number of halogens is 2. The topological polar surface area (TPSA) is 0 Å². The van der Waals surface area contributed by atoms with E-state index in [0.717, 1.165) is 11.8 Å². The Hall–Kier alpha value is 0.700. The standard InChI is InChI=1S/C6H9Br2/c1-3-4-6(2,8)5-7/h3H,1-2,4-5H2. The molecule has 0 aliphatic rings. The molecular weight excluding hydrogens is 232 g/mol. The molecule has 2 heteroatoms.